The largest absolute Gasteiger partial charge is 0.494 e. The molecule has 0 spiro atoms. The van der Waals surface area contributed by atoms with Crippen LogP contribution in [0.4, 0.5) is 4.39 Å². The Hall–Kier alpha value is -3.85. The number of aromatic hydroxyl groups is 2. The molecule has 0 aliphatic heterocycles. The molecule has 2 N–H and O–H groups in total. The topological polar surface area (TPSA) is 82.1 Å². The van der Waals surface area contributed by atoms with E-state index in [1.807, 2.05) is 18.2 Å². The van der Waals surface area contributed by atoms with E-state index >= 15 is 0 Å². The van der Waals surface area contributed by atoms with Crippen LogP contribution in [-0.4, -0.2) is 19.8 Å². The number of hydrogen-bond acceptors (Lipinski definition) is 4. The van der Waals surface area contributed by atoms with E-state index in [-0.39, 0.29) is 29.8 Å². The molecular formula is C21H14FN3O2. The second-order valence-corrected chi connectivity index (χ2v) is 6.16. The first-order valence-electron chi connectivity index (χ1n) is 8.22. The Bertz CT molecular complexity index is 1170. The Morgan fingerprint density at radius 1 is 0.963 bits per heavy atom. The smallest absolute Gasteiger partial charge is 0.194 e. The number of nitriles is 1. The normalized spacial score (nSPS) is 10.8. The van der Waals surface area contributed by atoms with Gasteiger partial charge in [-0.05, 0) is 41.0 Å². The Labute approximate surface area is 154 Å². The SMILES string of the molecule is N#Cc1cc(-c2ccc(F)cc2)c2ccc(Cn3c(O)ccc3O)cc2n1. The van der Waals surface area contributed by atoms with E-state index in [4.69, 9.17) is 0 Å². The minimum Gasteiger partial charge on any atom is -0.494 e. The summed E-state index contributed by atoms with van der Waals surface area (Å²) in [6, 6.07) is 18.2. The summed E-state index contributed by atoms with van der Waals surface area (Å²) in [5.41, 5.74) is 3.24. The monoisotopic (exact) mass is 359 g/mol. The summed E-state index contributed by atoms with van der Waals surface area (Å²) in [5.74, 6) is -0.414. The van der Waals surface area contributed by atoms with Crippen molar-refractivity contribution in [3.05, 3.63) is 77.7 Å². The number of rotatable bonds is 3. The van der Waals surface area contributed by atoms with Crippen molar-refractivity contribution in [2.24, 2.45) is 0 Å². The van der Waals surface area contributed by atoms with Gasteiger partial charge < -0.3 is 10.2 Å². The molecule has 4 aromatic rings. The lowest BCUT2D eigenvalue weighted by molar-refractivity contribution is 0.377. The lowest BCUT2D eigenvalue weighted by Gasteiger charge is -2.11. The first kappa shape index (κ1) is 16.6. The number of nitrogens with zero attached hydrogens (tertiary/aromatic N) is 3. The predicted molar refractivity (Wildman–Crippen MR) is 98.7 cm³/mol. The zero-order valence-corrected chi connectivity index (χ0v) is 14.1. The third-order valence-electron chi connectivity index (χ3n) is 4.42. The van der Waals surface area contributed by atoms with Gasteiger partial charge >= 0.3 is 0 Å². The lowest BCUT2D eigenvalue weighted by atomic mass is 9.99. The zero-order valence-electron chi connectivity index (χ0n) is 14.1. The first-order valence-corrected chi connectivity index (χ1v) is 8.22. The molecule has 132 valence electrons. The predicted octanol–water partition coefficient (Wildman–Crippen LogP) is 4.17. The molecule has 0 saturated heterocycles. The standard InChI is InChI=1S/C21H14FN3O2/c22-15-4-2-14(3-5-15)18-10-16(11-23)24-19-9-13(1-6-17(18)19)12-25-20(26)7-8-21(25)27/h1-10,26-27H,12H2. The molecule has 0 aliphatic rings. The molecule has 6 heteroatoms. The second kappa shape index (κ2) is 6.46. The molecule has 0 saturated carbocycles. The van der Waals surface area contributed by atoms with Gasteiger partial charge in [-0.15, -0.1) is 0 Å². The van der Waals surface area contributed by atoms with Crippen LogP contribution in [-0.2, 0) is 6.54 Å². The van der Waals surface area contributed by atoms with Gasteiger partial charge in [-0.1, -0.05) is 24.3 Å². The average Bonchev–Trinajstić information content (AvgIpc) is 2.99. The third-order valence-corrected chi connectivity index (χ3v) is 4.42. The summed E-state index contributed by atoms with van der Waals surface area (Å²) >= 11 is 0. The number of fused-ring (bicyclic) bond motifs is 1. The van der Waals surface area contributed by atoms with Crippen LogP contribution in [0.25, 0.3) is 22.0 Å². The fourth-order valence-electron chi connectivity index (χ4n) is 3.09. The van der Waals surface area contributed by atoms with Gasteiger partial charge in [0.2, 0.25) is 0 Å². The van der Waals surface area contributed by atoms with Crippen LogP contribution >= 0.6 is 0 Å². The molecule has 2 heterocycles. The Balaban J connectivity index is 1.84. The lowest BCUT2D eigenvalue weighted by Crippen LogP contribution is -1.99. The summed E-state index contributed by atoms with van der Waals surface area (Å²) in [7, 11) is 0. The minimum atomic E-state index is -0.328. The van der Waals surface area contributed by atoms with Crippen molar-refractivity contribution >= 4 is 10.9 Å². The van der Waals surface area contributed by atoms with Gasteiger partial charge in [0, 0.05) is 17.5 Å². The van der Waals surface area contributed by atoms with Crippen LogP contribution in [0, 0.1) is 17.1 Å². The van der Waals surface area contributed by atoms with Crippen molar-refractivity contribution in [1.82, 2.24) is 9.55 Å². The van der Waals surface area contributed by atoms with Crippen LogP contribution in [0.5, 0.6) is 11.8 Å². The number of halogens is 1. The molecule has 0 unspecified atom stereocenters. The Morgan fingerprint density at radius 2 is 1.67 bits per heavy atom. The highest BCUT2D eigenvalue weighted by Gasteiger charge is 2.11. The highest BCUT2D eigenvalue weighted by molar-refractivity contribution is 5.95. The van der Waals surface area contributed by atoms with E-state index in [2.05, 4.69) is 11.1 Å². The van der Waals surface area contributed by atoms with Gasteiger partial charge in [-0.2, -0.15) is 5.26 Å². The maximum Gasteiger partial charge on any atom is 0.194 e. The van der Waals surface area contributed by atoms with Gasteiger partial charge in [0.1, 0.15) is 17.6 Å². The second-order valence-electron chi connectivity index (χ2n) is 6.16. The van der Waals surface area contributed by atoms with E-state index in [0.29, 0.717) is 5.52 Å². The fraction of sp³-hybridized carbons (Fsp3) is 0.0476. The summed E-state index contributed by atoms with van der Waals surface area (Å²) in [4.78, 5) is 4.36. The Kier molecular flexibility index (Phi) is 3.98. The van der Waals surface area contributed by atoms with Crippen molar-refractivity contribution < 1.29 is 14.6 Å². The van der Waals surface area contributed by atoms with Crippen molar-refractivity contribution in [1.29, 1.82) is 5.26 Å². The molecule has 0 atom stereocenters. The van der Waals surface area contributed by atoms with Crippen LogP contribution < -0.4 is 0 Å². The van der Waals surface area contributed by atoms with Crippen LogP contribution in [0.2, 0.25) is 0 Å². The van der Waals surface area contributed by atoms with E-state index in [0.717, 1.165) is 22.1 Å². The minimum absolute atomic E-state index is 0.0432. The highest BCUT2D eigenvalue weighted by atomic mass is 19.1. The molecule has 0 amide bonds. The summed E-state index contributed by atoms with van der Waals surface area (Å²) in [6.07, 6.45) is 0. The molecular weight excluding hydrogens is 345 g/mol. The van der Waals surface area contributed by atoms with E-state index < -0.39 is 0 Å². The number of benzene rings is 2. The van der Waals surface area contributed by atoms with Crippen LogP contribution in [0.1, 0.15) is 11.3 Å². The quantitative estimate of drug-likeness (QED) is 0.575. The number of hydrogen-bond donors (Lipinski definition) is 2. The van der Waals surface area contributed by atoms with E-state index in [1.165, 1.54) is 28.8 Å². The summed E-state index contributed by atoms with van der Waals surface area (Å²) < 4.78 is 14.6. The Morgan fingerprint density at radius 3 is 2.33 bits per heavy atom. The van der Waals surface area contributed by atoms with Gasteiger partial charge in [-0.25, -0.2) is 9.37 Å². The van der Waals surface area contributed by atoms with Crippen molar-refractivity contribution in [2.45, 2.75) is 6.54 Å². The number of pyridine rings is 1. The molecule has 4 rings (SSSR count). The molecule has 5 nitrogen and oxygen atoms in total. The molecule has 2 aromatic carbocycles. The molecule has 0 fully saturated rings. The number of aromatic nitrogens is 2. The van der Waals surface area contributed by atoms with E-state index in [9.17, 15) is 19.9 Å². The van der Waals surface area contributed by atoms with Gasteiger partial charge in [0.15, 0.2) is 11.8 Å². The molecule has 0 bridgehead atoms. The first-order chi connectivity index (χ1) is 13.0. The van der Waals surface area contributed by atoms with Crippen LogP contribution in [0.3, 0.4) is 0 Å². The molecule has 27 heavy (non-hydrogen) atoms. The fourth-order valence-corrected chi connectivity index (χ4v) is 3.09. The van der Waals surface area contributed by atoms with Crippen molar-refractivity contribution in [2.75, 3.05) is 0 Å². The van der Waals surface area contributed by atoms with Crippen molar-refractivity contribution in [3.8, 4) is 29.0 Å². The maximum atomic E-state index is 13.3. The van der Waals surface area contributed by atoms with Gasteiger partial charge in [0.05, 0.1) is 12.1 Å². The van der Waals surface area contributed by atoms with Gasteiger partial charge in [0.25, 0.3) is 0 Å². The van der Waals surface area contributed by atoms with E-state index in [1.54, 1.807) is 18.2 Å². The maximum absolute atomic E-state index is 13.3. The summed E-state index contributed by atoms with van der Waals surface area (Å²) in [5, 5.41) is 29.8. The third kappa shape index (κ3) is 3.07. The summed E-state index contributed by atoms with van der Waals surface area (Å²) in [6.45, 7) is 0.255. The van der Waals surface area contributed by atoms with Crippen molar-refractivity contribution in [3.63, 3.8) is 0 Å². The molecule has 0 aliphatic carbocycles. The zero-order chi connectivity index (χ0) is 19.0. The molecule has 0 radical (unpaired) electrons. The van der Waals surface area contributed by atoms with Crippen LogP contribution in [0.15, 0.2) is 60.7 Å². The highest BCUT2D eigenvalue weighted by Crippen LogP contribution is 2.30. The average molecular weight is 359 g/mol. The molecule has 2 aromatic heterocycles. The van der Waals surface area contributed by atoms with Gasteiger partial charge in [-0.3, -0.25) is 4.57 Å².